The molecule has 0 unspecified atom stereocenters. The first-order valence-electron chi connectivity index (χ1n) is 8.56. The Morgan fingerprint density at radius 1 is 1.00 bits per heavy atom. The number of hydrogen-bond acceptors (Lipinski definition) is 2. The Labute approximate surface area is 148 Å². The molecule has 0 fully saturated rings. The van der Waals surface area contributed by atoms with E-state index in [4.69, 9.17) is 0 Å². The van der Waals surface area contributed by atoms with Crippen LogP contribution in [0.15, 0.2) is 60.3 Å². The van der Waals surface area contributed by atoms with Gasteiger partial charge in [0, 0.05) is 23.8 Å². The van der Waals surface area contributed by atoms with E-state index in [2.05, 4.69) is 74.3 Å². The highest BCUT2D eigenvalue weighted by Gasteiger charge is 2.37. The molecule has 0 amide bonds. The van der Waals surface area contributed by atoms with E-state index in [1.165, 1.54) is 16.9 Å². The summed E-state index contributed by atoms with van der Waals surface area (Å²) in [7, 11) is 2.13. The van der Waals surface area contributed by atoms with E-state index in [1.807, 2.05) is 12.1 Å². The van der Waals surface area contributed by atoms with Crippen molar-refractivity contribution in [2.45, 2.75) is 19.3 Å². The highest BCUT2D eigenvalue weighted by Crippen LogP contribution is 2.46. The number of carbonyl (C=O) groups excluding carboxylic acids is 1. The van der Waals surface area contributed by atoms with Gasteiger partial charge in [-0.15, -0.1) is 0 Å². The predicted octanol–water partition coefficient (Wildman–Crippen LogP) is 3.16. The van der Waals surface area contributed by atoms with Crippen LogP contribution in [0, 0.1) is 0 Å². The van der Waals surface area contributed by atoms with Crippen LogP contribution in [-0.2, 0) is 10.2 Å². The van der Waals surface area contributed by atoms with Crippen molar-refractivity contribution in [3.05, 3.63) is 81.9 Å². The molecule has 1 aliphatic heterocycles. The van der Waals surface area contributed by atoms with Gasteiger partial charge >= 0.3 is 0 Å². The molecule has 0 aromatic heterocycles. The van der Waals surface area contributed by atoms with E-state index in [0.29, 0.717) is 0 Å². The number of allylic oxidation sites excluding steroid dienone is 3. The number of fused-ring (bicyclic) bond motifs is 2. The summed E-state index contributed by atoms with van der Waals surface area (Å²) in [6, 6.07) is 14.8. The number of likely N-dealkylation sites (N-methyl/N-ethyl adjacent to an activating group) is 1. The fourth-order valence-electron chi connectivity index (χ4n) is 3.82. The maximum atomic E-state index is 11.5. The van der Waals surface area contributed by atoms with Gasteiger partial charge in [0.1, 0.15) is 0 Å². The van der Waals surface area contributed by atoms with Crippen LogP contribution in [0.5, 0.6) is 0 Å². The number of benzene rings is 2. The molecular formula is C23H21NO. The summed E-state index contributed by atoms with van der Waals surface area (Å²) >= 11 is 0. The van der Waals surface area contributed by atoms with E-state index >= 15 is 0 Å². The van der Waals surface area contributed by atoms with E-state index < -0.39 is 0 Å². The van der Waals surface area contributed by atoms with Gasteiger partial charge in [-0.25, -0.2) is 0 Å². The standard InChI is InChI=1S/C23H21NO/c1-23(2)20-6-4-5-7-21(20)24(3)22(23)13-9-16-8-10-18-15-19(25)12-11-17(18)14-16/h4-15H,1-3H3. The lowest BCUT2D eigenvalue weighted by Gasteiger charge is -2.23. The zero-order valence-corrected chi connectivity index (χ0v) is 14.8. The molecule has 2 aliphatic rings. The summed E-state index contributed by atoms with van der Waals surface area (Å²) in [5, 5.41) is 2.13. The molecule has 124 valence electrons. The number of para-hydroxylation sites is 1. The summed E-state index contributed by atoms with van der Waals surface area (Å²) in [5.74, 6) is 0.0541. The largest absolute Gasteiger partial charge is 0.347 e. The number of rotatable bonds is 1. The number of hydrogen-bond donors (Lipinski definition) is 0. The average molecular weight is 327 g/mol. The van der Waals surface area contributed by atoms with Crippen LogP contribution in [0.1, 0.15) is 25.0 Å². The van der Waals surface area contributed by atoms with Crippen LogP contribution in [-0.4, -0.2) is 12.8 Å². The van der Waals surface area contributed by atoms with Crippen LogP contribution >= 0.6 is 0 Å². The molecule has 0 bridgehead atoms. The molecule has 1 heterocycles. The van der Waals surface area contributed by atoms with Crippen molar-refractivity contribution in [3.63, 3.8) is 0 Å². The zero-order valence-electron chi connectivity index (χ0n) is 14.8. The summed E-state index contributed by atoms with van der Waals surface area (Å²) in [6.45, 7) is 4.54. The lowest BCUT2D eigenvalue weighted by Crippen LogP contribution is -2.23. The van der Waals surface area contributed by atoms with Crippen molar-refractivity contribution in [3.8, 4) is 0 Å². The fraction of sp³-hybridized carbons (Fsp3) is 0.174. The molecule has 0 radical (unpaired) electrons. The molecule has 1 aliphatic carbocycles. The van der Waals surface area contributed by atoms with Gasteiger partial charge in [-0.05, 0) is 51.9 Å². The minimum Gasteiger partial charge on any atom is -0.347 e. The highest BCUT2D eigenvalue weighted by molar-refractivity contribution is 6.16. The van der Waals surface area contributed by atoms with Crippen LogP contribution < -0.4 is 15.3 Å². The van der Waals surface area contributed by atoms with E-state index in [1.54, 1.807) is 12.2 Å². The fourth-order valence-corrected chi connectivity index (χ4v) is 3.82. The van der Waals surface area contributed by atoms with Crippen molar-refractivity contribution >= 4 is 29.7 Å². The van der Waals surface area contributed by atoms with Crippen LogP contribution in [0.4, 0.5) is 5.69 Å². The molecule has 0 N–H and O–H groups in total. The molecule has 4 rings (SSSR count). The Bertz CT molecular complexity index is 1050. The smallest absolute Gasteiger partial charge is 0.179 e. The summed E-state index contributed by atoms with van der Waals surface area (Å²) < 4.78 is 0. The van der Waals surface area contributed by atoms with Gasteiger partial charge in [0.2, 0.25) is 0 Å². The van der Waals surface area contributed by atoms with Crippen LogP contribution in [0.25, 0.3) is 18.2 Å². The summed E-state index contributed by atoms with van der Waals surface area (Å²) in [5.41, 5.74) is 4.99. The topological polar surface area (TPSA) is 20.3 Å². The van der Waals surface area contributed by atoms with E-state index in [9.17, 15) is 4.79 Å². The molecule has 0 saturated carbocycles. The van der Waals surface area contributed by atoms with Gasteiger partial charge in [-0.1, -0.05) is 56.3 Å². The minimum atomic E-state index is -0.0177. The van der Waals surface area contributed by atoms with E-state index in [-0.39, 0.29) is 11.2 Å². The third-order valence-corrected chi connectivity index (χ3v) is 5.21. The molecule has 2 nitrogen and oxygen atoms in total. The second kappa shape index (κ2) is 5.59. The van der Waals surface area contributed by atoms with Gasteiger partial charge in [-0.2, -0.15) is 0 Å². The molecule has 2 heteroatoms. The van der Waals surface area contributed by atoms with Crippen molar-refractivity contribution in [2.24, 2.45) is 0 Å². The average Bonchev–Trinajstić information content (AvgIpc) is 2.80. The number of carbonyl (C=O) groups is 1. The predicted molar refractivity (Wildman–Crippen MR) is 105 cm³/mol. The normalized spacial score (nSPS) is 19.8. The Morgan fingerprint density at radius 2 is 1.80 bits per heavy atom. The van der Waals surface area contributed by atoms with Gasteiger partial charge in [0.25, 0.3) is 0 Å². The molecular weight excluding hydrogens is 306 g/mol. The Hall–Kier alpha value is -2.87. The number of ketones is 1. The quantitative estimate of drug-likeness (QED) is 0.802. The van der Waals surface area contributed by atoms with Gasteiger partial charge in [0.15, 0.2) is 5.78 Å². The van der Waals surface area contributed by atoms with Gasteiger partial charge < -0.3 is 4.90 Å². The third kappa shape index (κ3) is 2.54. The Morgan fingerprint density at radius 3 is 2.60 bits per heavy atom. The lowest BCUT2D eigenvalue weighted by molar-refractivity contribution is -0.109. The first kappa shape index (κ1) is 15.6. The Kier molecular flexibility index (Phi) is 3.50. The highest BCUT2D eigenvalue weighted by atomic mass is 16.1. The second-order valence-electron chi connectivity index (χ2n) is 7.19. The number of anilines is 1. The molecule has 25 heavy (non-hydrogen) atoms. The van der Waals surface area contributed by atoms with Crippen molar-refractivity contribution in [1.29, 1.82) is 0 Å². The van der Waals surface area contributed by atoms with Gasteiger partial charge in [0.05, 0.1) is 0 Å². The second-order valence-corrected chi connectivity index (χ2v) is 7.19. The van der Waals surface area contributed by atoms with Crippen molar-refractivity contribution < 1.29 is 4.79 Å². The maximum Gasteiger partial charge on any atom is 0.179 e. The van der Waals surface area contributed by atoms with Crippen molar-refractivity contribution in [1.82, 2.24) is 0 Å². The molecule has 2 aromatic rings. The van der Waals surface area contributed by atoms with E-state index in [0.717, 1.165) is 16.0 Å². The third-order valence-electron chi connectivity index (χ3n) is 5.21. The van der Waals surface area contributed by atoms with Crippen LogP contribution in [0.3, 0.4) is 0 Å². The first-order chi connectivity index (χ1) is 12.0. The van der Waals surface area contributed by atoms with Crippen LogP contribution in [0.2, 0.25) is 0 Å². The molecule has 2 aromatic carbocycles. The SMILES string of the molecule is CN1C(=CC=c2ccc3c(c2)C=CC(=O)C=3)C(C)(C)c2ccccc21. The zero-order chi connectivity index (χ0) is 17.6. The number of nitrogens with zero attached hydrogens (tertiary/aromatic N) is 1. The van der Waals surface area contributed by atoms with Gasteiger partial charge in [-0.3, -0.25) is 4.79 Å². The van der Waals surface area contributed by atoms with Crippen molar-refractivity contribution in [2.75, 3.05) is 11.9 Å². The summed E-state index contributed by atoms with van der Waals surface area (Å²) in [4.78, 5) is 13.7. The molecule has 0 spiro atoms. The minimum absolute atomic E-state index is 0.0177. The maximum absolute atomic E-state index is 11.5. The monoisotopic (exact) mass is 327 g/mol. The lowest BCUT2D eigenvalue weighted by atomic mass is 9.84. The summed E-state index contributed by atoms with van der Waals surface area (Å²) in [6.07, 6.45) is 9.56. The molecule has 0 atom stereocenters. The Balaban J connectivity index is 1.78. The first-order valence-corrected chi connectivity index (χ1v) is 8.56. The molecule has 0 saturated heterocycles.